The van der Waals surface area contributed by atoms with Gasteiger partial charge in [0.2, 0.25) is 5.95 Å². The SMILES string of the molecule is CN(N)c1ccc(-c2ccc(-c3cnc(N(C)C4CC(C)(C)NC(C)(C)C4)nn3)c(O)c2)nc1N. The third kappa shape index (κ3) is 5.28. The molecule has 0 atom stereocenters. The molecule has 3 heterocycles. The van der Waals surface area contributed by atoms with E-state index in [1.54, 1.807) is 37.5 Å². The number of pyridine rings is 1. The number of anilines is 3. The molecule has 1 aromatic carbocycles. The lowest BCUT2D eigenvalue weighted by Gasteiger charge is -2.48. The monoisotopic (exact) mass is 477 g/mol. The van der Waals surface area contributed by atoms with E-state index in [2.05, 4.69) is 58.1 Å². The van der Waals surface area contributed by atoms with Gasteiger partial charge in [0.1, 0.15) is 17.3 Å². The lowest BCUT2D eigenvalue weighted by molar-refractivity contribution is 0.160. The van der Waals surface area contributed by atoms with E-state index < -0.39 is 0 Å². The van der Waals surface area contributed by atoms with E-state index in [1.807, 2.05) is 13.1 Å². The molecule has 1 saturated heterocycles. The van der Waals surface area contributed by atoms with Crippen molar-refractivity contribution in [2.45, 2.75) is 57.7 Å². The van der Waals surface area contributed by atoms with Crippen LogP contribution in [0, 0.1) is 0 Å². The van der Waals surface area contributed by atoms with Crippen LogP contribution in [0.3, 0.4) is 0 Å². The van der Waals surface area contributed by atoms with Crippen molar-refractivity contribution in [1.82, 2.24) is 25.5 Å². The summed E-state index contributed by atoms with van der Waals surface area (Å²) in [4.78, 5) is 11.1. The maximum absolute atomic E-state index is 10.7. The zero-order valence-electron chi connectivity index (χ0n) is 21.2. The molecule has 1 aliphatic heterocycles. The van der Waals surface area contributed by atoms with E-state index in [1.165, 1.54) is 5.01 Å². The van der Waals surface area contributed by atoms with Crippen LogP contribution in [0.4, 0.5) is 17.5 Å². The molecule has 10 heteroatoms. The quantitative estimate of drug-likeness (QED) is 0.320. The molecule has 186 valence electrons. The number of piperidine rings is 1. The molecule has 0 bridgehead atoms. The van der Waals surface area contributed by atoms with Crippen molar-refractivity contribution in [3.63, 3.8) is 0 Å². The summed E-state index contributed by atoms with van der Waals surface area (Å²) in [5, 5.41) is 24.6. The van der Waals surface area contributed by atoms with Crippen molar-refractivity contribution in [3.8, 4) is 28.3 Å². The topological polar surface area (TPSA) is 142 Å². The van der Waals surface area contributed by atoms with E-state index in [0.717, 1.165) is 18.4 Å². The van der Waals surface area contributed by atoms with E-state index >= 15 is 0 Å². The molecule has 2 aromatic heterocycles. The van der Waals surface area contributed by atoms with Crippen molar-refractivity contribution in [2.24, 2.45) is 5.84 Å². The van der Waals surface area contributed by atoms with Crippen molar-refractivity contribution >= 4 is 17.5 Å². The van der Waals surface area contributed by atoms with Gasteiger partial charge in [-0.1, -0.05) is 6.07 Å². The number of aromatic hydroxyl groups is 1. The van der Waals surface area contributed by atoms with Crippen molar-refractivity contribution in [1.29, 1.82) is 0 Å². The summed E-state index contributed by atoms with van der Waals surface area (Å²) in [7, 11) is 3.71. The van der Waals surface area contributed by atoms with Crippen LogP contribution in [0.25, 0.3) is 22.5 Å². The summed E-state index contributed by atoms with van der Waals surface area (Å²) >= 11 is 0. The number of nitrogens with zero attached hydrogens (tertiary/aromatic N) is 6. The van der Waals surface area contributed by atoms with Crippen LogP contribution in [0.2, 0.25) is 0 Å². The first-order valence-corrected chi connectivity index (χ1v) is 11.7. The summed E-state index contributed by atoms with van der Waals surface area (Å²) in [5.74, 6) is 6.69. The molecule has 0 radical (unpaired) electrons. The zero-order valence-corrected chi connectivity index (χ0v) is 21.2. The van der Waals surface area contributed by atoms with Crippen LogP contribution in [0.1, 0.15) is 40.5 Å². The fourth-order valence-corrected chi connectivity index (χ4v) is 5.09. The highest BCUT2D eigenvalue weighted by Crippen LogP contribution is 2.34. The van der Waals surface area contributed by atoms with Crippen molar-refractivity contribution in [3.05, 3.63) is 36.5 Å². The molecule has 0 unspecified atom stereocenters. The Hall–Kier alpha value is -3.50. The maximum Gasteiger partial charge on any atom is 0.245 e. The molecule has 1 aliphatic rings. The Bertz CT molecular complexity index is 1190. The number of rotatable bonds is 5. The summed E-state index contributed by atoms with van der Waals surface area (Å²) in [6.07, 6.45) is 3.59. The molecule has 1 fully saturated rings. The van der Waals surface area contributed by atoms with Gasteiger partial charge in [0.25, 0.3) is 0 Å². The number of aromatic nitrogens is 4. The number of nitrogens with one attached hydrogen (secondary N) is 1. The van der Waals surface area contributed by atoms with Gasteiger partial charge in [-0.25, -0.2) is 15.8 Å². The number of phenolic OH excluding ortho intramolecular Hbond substituents is 1. The summed E-state index contributed by atoms with van der Waals surface area (Å²) < 4.78 is 0. The van der Waals surface area contributed by atoms with Crippen LogP contribution >= 0.6 is 0 Å². The lowest BCUT2D eigenvalue weighted by atomic mass is 9.79. The largest absolute Gasteiger partial charge is 0.507 e. The minimum Gasteiger partial charge on any atom is -0.507 e. The smallest absolute Gasteiger partial charge is 0.245 e. The van der Waals surface area contributed by atoms with Crippen molar-refractivity contribution in [2.75, 3.05) is 29.7 Å². The molecule has 10 nitrogen and oxygen atoms in total. The Labute approximate surface area is 206 Å². The third-order valence-corrected chi connectivity index (χ3v) is 6.43. The molecule has 6 N–H and O–H groups in total. The van der Waals surface area contributed by atoms with E-state index in [-0.39, 0.29) is 22.9 Å². The highest BCUT2D eigenvalue weighted by atomic mass is 16.3. The first-order valence-electron chi connectivity index (χ1n) is 11.7. The van der Waals surface area contributed by atoms with Gasteiger partial charge in [0.05, 0.1) is 17.6 Å². The first kappa shape index (κ1) is 24.6. The van der Waals surface area contributed by atoms with E-state index in [0.29, 0.717) is 34.4 Å². The Morgan fingerprint density at radius 1 is 1.00 bits per heavy atom. The highest BCUT2D eigenvalue weighted by molar-refractivity contribution is 5.75. The van der Waals surface area contributed by atoms with Gasteiger partial charge in [-0.05, 0) is 64.8 Å². The van der Waals surface area contributed by atoms with Gasteiger partial charge >= 0.3 is 0 Å². The van der Waals surface area contributed by atoms with Crippen LogP contribution in [-0.4, -0.2) is 56.5 Å². The fraction of sp³-hybridized carbons (Fsp3) is 0.440. The molecule has 0 spiro atoms. The number of hydrazine groups is 1. The van der Waals surface area contributed by atoms with Crippen molar-refractivity contribution < 1.29 is 5.11 Å². The first-order chi connectivity index (χ1) is 16.3. The predicted molar refractivity (Wildman–Crippen MR) is 140 cm³/mol. The molecule has 0 saturated carbocycles. The standard InChI is InChI=1S/C25H35N9O/c1-24(2)12-16(13-25(3,4)32-24)33(5)23-28-14-19(30-31-23)17-8-7-15(11-21(17)35)18-9-10-20(34(6)27)22(26)29-18/h7-11,14,16,32,35H,12-13,27H2,1-6H3,(H2,26,29). The highest BCUT2D eigenvalue weighted by Gasteiger charge is 2.39. The van der Waals surface area contributed by atoms with Crippen LogP contribution in [0.5, 0.6) is 5.75 Å². The number of phenols is 1. The Morgan fingerprint density at radius 2 is 1.69 bits per heavy atom. The minimum atomic E-state index is 0.0155. The number of nitrogen functional groups attached to an aromatic ring is 1. The summed E-state index contributed by atoms with van der Waals surface area (Å²) in [5.41, 5.74) is 9.04. The van der Waals surface area contributed by atoms with Gasteiger partial charge in [-0.2, -0.15) is 0 Å². The normalized spacial score (nSPS) is 17.2. The number of hydrogen-bond acceptors (Lipinski definition) is 10. The Morgan fingerprint density at radius 3 is 2.23 bits per heavy atom. The van der Waals surface area contributed by atoms with Gasteiger partial charge in [0.15, 0.2) is 0 Å². The average Bonchev–Trinajstić information content (AvgIpc) is 2.76. The number of hydrogen-bond donors (Lipinski definition) is 4. The maximum atomic E-state index is 10.7. The molecule has 3 aromatic rings. The average molecular weight is 478 g/mol. The second kappa shape index (κ2) is 8.94. The zero-order chi connectivity index (χ0) is 25.5. The number of benzene rings is 1. The molecular formula is C25H35N9O. The molecule has 0 aliphatic carbocycles. The third-order valence-electron chi connectivity index (χ3n) is 6.43. The molecule has 4 rings (SSSR count). The fourth-order valence-electron chi connectivity index (χ4n) is 5.09. The van der Waals surface area contributed by atoms with Crippen LogP contribution < -0.4 is 26.8 Å². The van der Waals surface area contributed by atoms with E-state index in [4.69, 9.17) is 11.6 Å². The predicted octanol–water partition coefficient (Wildman–Crippen LogP) is 2.94. The van der Waals surface area contributed by atoms with Gasteiger partial charge in [-0.15, -0.1) is 10.2 Å². The van der Waals surface area contributed by atoms with Gasteiger partial charge in [0, 0.05) is 42.3 Å². The minimum absolute atomic E-state index is 0.0155. The van der Waals surface area contributed by atoms with Crippen LogP contribution in [0.15, 0.2) is 36.5 Å². The Balaban J connectivity index is 1.54. The molecule has 35 heavy (non-hydrogen) atoms. The molecular weight excluding hydrogens is 442 g/mol. The number of nitrogens with two attached hydrogens (primary N) is 2. The summed E-state index contributed by atoms with van der Waals surface area (Å²) in [6, 6.07) is 9.13. The summed E-state index contributed by atoms with van der Waals surface area (Å²) in [6.45, 7) is 8.88. The second-order valence-electron chi connectivity index (χ2n) is 10.7. The second-order valence-corrected chi connectivity index (χ2v) is 10.7. The van der Waals surface area contributed by atoms with Crippen LogP contribution in [-0.2, 0) is 0 Å². The Kier molecular flexibility index (Phi) is 6.29. The van der Waals surface area contributed by atoms with Gasteiger partial charge in [-0.3, -0.25) is 0 Å². The molecule has 0 amide bonds. The van der Waals surface area contributed by atoms with Gasteiger partial charge < -0.3 is 26.1 Å². The lowest BCUT2D eigenvalue weighted by Crippen LogP contribution is -2.62. The van der Waals surface area contributed by atoms with E-state index in [9.17, 15) is 5.11 Å².